The van der Waals surface area contributed by atoms with Crippen LogP contribution in [0.1, 0.15) is 19.1 Å². The van der Waals surface area contributed by atoms with Crippen molar-refractivity contribution in [2.45, 2.75) is 43.1 Å². The molecule has 1 saturated heterocycles. The number of rotatable bonds is 9. The Kier molecular flexibility index (Phi) is 6.71. The number of aromatic nitrogens is 2. The number of hydrogen-bond donors (Lipinski definition) is 5. The predicted octanol–water partition coefficient (Wildman–Crippen LogP) is -0.800. The van der Waals surface area contributed by atoms with Gasteiger partial charge >= 0.3 is 17.6 Å². The monoisotopic (exact) mass is 416 g/mol. The average Bonchev–Trinajstić information content (AvgIpc) is 2.90. The Morgan fingerprint density at radius 2 is 2.21 bits per heavy atom. The summed E-state index contributed by atoms with van der Waals surface area (Å²) in [6.07, 6.45) is -5.84. The minimum Gasteiger partial charge on any atom is -0.481 e. The molecule has 5 atom stereocenters. The van der Waals surface area contributed by atoms with Crippen molar-refractivity contribution >= 4 is 17.8 Å². The summed E-state index contributed by atoms with van der Waals surface area (Å²) in [4.78, 5) is 40.0. The van der Waals surface area contributed by atoms with E-state index in [4.69, 9.17) is 20.5 Å². The van der Waals surface area contributed by atoms with E-state index < -0.39 is 60.9 Å². The standard InChI is InChI=1S/C14H17FN6O8/c15-9-10(25)14(5-22,19-20-16)29-11(9)21-4-3-7(18-13(21)28)17-6(12(26)27)1-2-8(23)24/h3-4,6,9-11,22,25H,1-2,5H2,(H,23,24)(H,26,27)(H,17,18,28)/t6-,9-,10-,11+,14?/m0/s1. The molecule has 1 aliphatic rings. The van der Waals surface area contributed by atoms with Crippen LogP contribution in [0.15, 0.2) is 22.2 Å². The van der Waals surface area contributed by atoms with Gasteiger partial charge in [-0.2, -0.15) is 4.98 Å². The summed E-state index contributed by atoms with van der Waals surface area (Å²) in [5, 5.41) is 42.5. The van der Waals surface area contributed by atoms with E-state index in [1.165, 1.54) is 0 Å². The van der Waals surface area contributed by atoms with E-state index in [0.717, 1.165) is 12.3 Å². The van der Waals surface area contributed by atoms with Gasteiger partial charge in [0.25, 0.3) is 0 Å². The van der Waals surface area contributed by atoms with Crippen molar-refractivity contribution in [3.63, 3.8) is 0 Å². The number of hydrogen-bond acceptors (Lipinski definition) is 9. The summed E-state index contributed by atoms with van der Waals surface area (Å²) in [6.45, 7) is -1.05. The van der Waals surface area contributed by atoms with Crippen molar-refractivity contribution < 1.29 is 39.1 Å². The first kappa shape index (κ1) is 22.0. The number of azide groups is 1. The Morgan fingerprint density at radius 3 is 2.72 bits per heavy atom. The molecular weight excluding hydrogens is 399 g/mol. The van der Waals surface area contributed by atoms with Crippen molar-refractivity contribution in [3.05, 3.63) is 33.2 Å². The van der Waals surface area contributed by atoms with E-state index in [2.05, 4.69) is 20.3 Å². The highest BCUT2D eigenvalue weighted by atomic mass is 19.1. The summed E-state index contributed by atoms with van der Waals surface area (Å²) in [5.41, 5.74) is 5.10. The number of aliphatic hydroxyl groups is 2. The highest BCUT2D eigenvalue weighted by Gasteiger charge is 2.56. The van der Waals surface area contributed by atoms with Crippen LogP contribution in [-0.2, 0) is 14.3 Å². The summed E-state index contributed by atoms with van der Waals surface area (Å²) >= 11 is 0. The first-order chi connectivity index (χ1) is 13.6. The molecular formula is C14H17FN6O8. The number of nitrogens with zero attached hydrogens (tertiary/aromatic N) is 5. The number of nitrogens with one attached hydrogen (secondary N) is 1. The number of carbonyl (C=O) groups is 2. The third-order valence-corrected chi connectivity index (χ3v) is 4.17. The second kappa shape index (κ2) is 8.83. The van der Waals surface area contributed by atoms with Gasteiger partial charge < -0.3 is 30.5 Å². The molecule has 0 saturated carbocycles. The lowest BCUT2D eigenvalue weighted by Gasteiger charge is -2.23. The molecule has 1 aliphatic heterocycles. The minimum absolute atomic E-state index is 0.221. The Balaban J connectivity index is 2.25. The molecule has 1 aromatic heterocycles. The van der Waals surface area contributed by atoms with E-state index in [1.807, 2.05) is 0 Å². The maximum absolute atomic E-state index is 14.4. The molecule has 29 heavy (non-hydrogen) atoms. The van der Waals surface area contributed by atoms with Gasteiger partial charge in [0.1, 0.15) is 18.0 Å². The number of aliphatic carboxylic acids is 2. The van der Waals surface area contributed by atoms with E-state index in [-0.39, 0.29) is 12.2 Å². The van der Waals surface area contributed by atoms with Gasteiger partial charge in [0.15, 0.2) is 12.4 Å². The average molecular weight is 416 g/mol. The van der Waals surface area contributed by atoms with Crippen LogP contribution in [0.5, 0.6) is 0 Å². The topological polar surface area (TPSA) is 220 Å². The summed E-state index contributed by atoms with van der Waals surface area (Å²) < 4.78 is 20.2. The van der Waals surface area contributed by atoms with Gasteiger partial charge in [-0.25, -0.2) is 14.0 Å². The molecule has 0 aliphatic carbocycles. The lowest BCUT2D eigenvalue weighted by molar-refractivity contribution is -0.139. The van der Waals surface area contributed by atoms with Gasteiger partial charge in [0, 0.05) is 17.5 Å². The van der Waals surface area contributed by atoms with Gasteiger partial charge in [-0.05, 0) is 18.0 Å². The molecule has 0 radical (unpaired) electrons. The summed E-state index contributed by atoms with van der Waals surface area (Å²) in [5.74, 6) is -2.80. The Morgan fingerprint density at radius 1 is 1.52 bits per heavy atom. The molecule has 0 bridgehead atoms. The molecule has 1 fully saturated rings. The number of alkyl halides is 1. The van der Waals surface area contributed by atoms with E-state index in [0.29, 0.717) is 4.57 Å². The first-order valence-corrected chi connectivity index (χ1v) is 8.12. The maximum atomic E-state index is 14.4. The SMILES string of the molecule is [N-]=[N+]=NC1(CO)O[C@@H](n2ccc(N[C@@H](CCC(=O)O)C(=O)O)nc2=O)[C@@H](F)[C@@H]1O. The lowest BCUT2D eigenvalue weighted by Crippen LogP contribution is -2.43. The molecule has 5 N–H and O–H groups in total. The maximum Gasteiger partial charge on any atom is 0.351 e. The number of carboxylic acids is 2. The smallest absolute Gasteiger partial charge is 0.351 e. The zero-order valence-electron chi connectivity index (χ0n) is 14.6. The molecule has 158 valence electrons. The van der Waals surface area contributed by atoms with Crippen molar-refractivity contribution in [3.8, 4) is 0 Å². The Hall–Kier alpha value is -3.26. The number of ether oxygens (including phenoxy) is 1. The molecule has 15 heteroatoms. The molecule has 0 aromatic carbocycles. The third kappa shape index (κ3) is 4.60. The molecule has 2 heterocycles. The third-order valence-electron chi connectivity index (χ3n) is 4.17. The second-order valence-electron chi connectivity index (χ2n) is 6.06. The van der Waals surface area contributed by atoms with E-state index in [9.17, 15) is 29.0 Å². The fourth-order valence-electron chi connectivity index (χ4n) is 2.67. The van der Waals surface area contributed by atoms with Crippen LogP contribution in [-0.4, -0.2) is 72.6 Å². The fourth-order valence-corrected chi connectivity index (χ4v) is 2.67. The van der Waals surface area contributed by atoms with Crippen molar-refractivity contribution in [1.29, 1.82) is 0 Å². The van der Waals surface area contributed by atoms with Gasteiger partial charge in [0.05, 0.1) is 6.61 Å². The van der Waals surface area contributed by atoms with Crippen molar-refractivity contribution in [2.75, 3.05) is 11.9 Å². The van der Waals surface area contributed by atoms with Crippen LogP contribution in [0.2, 0.25) is 0 Å². The molecule has 2 rings (SSSR count). The molecule has 0 amide bonds. The van der Waals surface area contributed by atoms with Gasteiger partial charge in [-0.1, -0.05) is 5.11 Å². The Bertz CT molecular complexity index is 889. The molecule has 0 spiro atoms. The zero-order chi connectivity index (χ0) is 21.8. The highest BCUT2D eigenvalue weighted by molar-refractivity contribution is 5.78. The quantitative estimate of drug-likeness (QED) is 0.191. The van der Waals surface area contributed by atoms with Crippen LogP contribution in [0, 0.1) is 0 Å². The number of halogens is 1. The highest BCUT2D eigenvalue weighted by Crippen LogP contribution is 2.39. The number of carboxylic acid groups (broad SMARTS) is 2. The largest absolute Gasteiger partial charge is 0.481 e. The second-order valence-corrected chi connectivity index (χ2v) is 6.06. The van der Waals surface area contributed by atoms with Gasteiger partial charge in [0.2, 0.25) is 5.72 Å². The van der Waals surface area contributed by atoms with Crippen LogP contribution < -0.4 is 11.0 Å². The summed E-state index contributed by atoms with van der Waals surface area (Å²) in [7, 11) is 0. The molecule has 1 unspecified atom stereocenters. The van der Waals surface area contributed by atoms with Gasteiger partial charge in [-0.3, -0.25) is 9.36 Å². The van der Waals surface area contributed by atoms with E-state index in [1.54, 1.807) is 0 Å². The lowest BCUT2D eigenvalue weighted by atomic mass is 10.1. The zero-order valence-corrected chi connectivity index (χ0v) is 14.6. The van der Waals surface area contributed by atoms with E-state index >= 15 is 0 Å². The Labute approximate surface area is 160 Å². The molecule has 1 aromatic rings. The minimum atomic E-state index is -2.33. The summed E-state index contributed by atoms with van der Waals surface area (Å²) in [6, 6.07) is -0.244. The first-order valence-electron chi connectivity index (χ1n) is 8.12. The van der Waals surface area contributed by atoms with Gasteiger partial charge in [-0.15, -0.1) is 0 Å². The number of anilines is 1. The normalized spacial score (nSPS) is 27.1. The van der Waals surface area contributed by atoms with Crippen LogP contribution >= 0.6 is 0 Å². The van der Waals surface area contributed by atoms with Crippen LogP contribution in [0.4, 0.5) is 10.2 Å². The van der Waals surface area contributed by atoms with Crippen molar-refractivity contribution in [1.82, 2.24) is 9.55 Å². The van der Waals surface area contributed by atoms with Crippen LogP contribution in [0.25, 0.3) is 10.4 Å². The number of aliphatic hydroxyl groups excluding tert-OH is 2. The van der Waals surface area contributed by atoms with Crippen LogP contribution in [0.3, 0.4) is 0 Å². The van der Waals surface area contributed by atoms with Crippen molar-refractivity contribution in [2.24, 2.45) is 5.11 Å². The fraction of sp³-hybridized carbons (Fsp3) is 0.571. The molecule has 14 nitrogen and oxygen atoms in total. The predicted molar refractivity (Wildman–Crippen MR) is 90.4 cm³/mol.